The number of anilines is 1. The summed E-state index contributed by atoms with van der Waals surface area (Å²) in [7, 11) is 1.53. The molecule has 8 heteroatoms. The molecule has 8 nitrogen and oxygen atoms in total. The largest absolute Gasteiger partial charge is 0.451 e. The number of nitrogens with two attached hydrogens (primary N) is 1. The van der Waals surface area contributed by atoms with Crippen molar-refractivity contribution in [2.45, 2.75) is 19.6 Å². The maximum absolute atomic E-state index is 11.5. The summed E-state index contributed by atoms with van der Waals surface area (Å²) in [6, 6.07) is 1.56. The van der Waals surface area contributed by atoms with Crippen LogP contribution in [0.15, 0.2) is 12.3 Å². The normalized spacial score (nSPS) is 11.9. The molecule has 1 aromatic rings. The number of carbonyl (C=O) groups excluding carboxylic acids is 2. The van der Waals surface area contributed by atoms with Crippen LogP contribution in [0, 0.1) is 0 Å². The number of nitrogen functional groups attached to an aromatic ring is 1. The Morgan fingerprint density at radius 2 is 2.32 bits per heavy atom. The van der Waals surface area contributed by atoms with Crippen LogP contribution in [0.1, 0.15) is 6.92 Å². The highest BCUT2D eigenvalue weighted by Gasteiger charge is 2.17. The molecule has 1 aromatic heterocycles. The zero-order valence-electron chi connectivity index (χ0n) is 11.0. The van der Waals surface area contributed by atoms with Crippen molar-refractivity contribution in [2.24, 2.45) is 0 Å². The highest BCUT2D eigenvalue weighted by Crippen LogP contribution is 1.98. The van der Waals surface area contributed by atoms with Gasteiger partial charge < -0.3 is 20.5 Å². The number of hydrogen-bond acceptors (Lipinski definition) is 6. The molecule has 0 aliphatic carbocycles. The minimum absolute atomic E-state index is 0.0904. The lowest BCUT2D eigenvalue weighted by Crippen LogP contribution is -2.38. The molecule has 19 heavy (non-hydrogen) atoms. The third-order valence-electron chi connectivity index (χ3n) is 2.24. The number of amides is 1. The van der Waals surface area contributed by atoms with Crippen molar-refractivity contribution in [1.29, 1.82) is 0 Å². The van der Waals surface area contributed by atoms with Gasteiger partial charge in [-0.15, -0.1) is 0 Å². The summed E-state index contributed by atoms with van der Waals surface area (Å²) < 4.78 is 11.1. The average Bonchev–Trinajstić information content (AvgIpc) is 2.74. The van der Waals surface area contributed by atoms with Gasteiger partial charge in [-0.1, -0.05) is 0 Å². The molecule has 1 rings (SSSR count). The van der Waals surface area contributed by atoms with Crippen LogP contribution in [0.3, 0.4) is 0 Å². The van der Waals surface area contributed by atoms with Gasteiger partial charge in [-0.05, 0) is 13.0 Å². The Kier molecular flexibility index (Phi) is 5.80. The van der Waals surface area contributed by atoms with E-state index < -0.39 is 12.1 Å². The monoisotopic (exact) mass is 270 g/mol. The summed E-state index contributed by atoms with van der Waals surface area (Å²) in [6.07, 6.45) is 0.692. The molecule has 0 aliphatic rings. The zero-order valence-corrected chi connectivity index (χ0v) is 11.0. The molecule has 106 valence electrons. The van der Waals surface area contributed by atoms with E-state index in [1.807, 2.05) is 0 Å². The van der Waals surface area contributed by atoms with Gasteiger partial charge in [0, 0.05) is 19.9 Å². The van der Waals surface area contributed by atoms with E-state index in [1.54, 1.807) is 12.3 Å². The number of carbonyl (C=O) groups is 2. The fourth-order valence-electron chi connectivity index (χ4n) is 1.31. The van der Waals surface area contributed by atoms with Crippen molar-refractivity contribution in [3.8, 4) is 0 Å². The lowest BCUT2D eigenvalue weighted by atomic mass is 10.3. The molecular weight excluding hydrogens is 252 g/mol. The number of hydrogen-bond donors (Lipinski definition) is 2. The Labute approximate surface area is 110 Å². The van der Waals surface area contributed by atoms with Crippen LogP contribution in [0.5, 0.6) is 0 Å². The van der Waals surface area contributed by atoms with Crippen LogP contribution >= 0.6 is 0 Å². The quantitative estimate of drug-likeness (QED) is 0.494. The third kappa shape index (κ3) is 5.38. The second-order valence-electron chi connectivity index (χ2n) is 3.85. The fourth-order valence-corrected chi connectivity index (χ4v) is 1.31. The molecule has 1 unspecified atom stereocenters. The smallest absolute Gasteiger partial charge is 0.328 e. The van der Waals surface area contributed by atoms with Gasteiger partial charge in [-0.3, -0.25) is 14.3 Å². The van der Waals surface area contributed by atoms with Gasteiger partial charge in [0.15, 0.2) is 6.10 Å². The number of nitrogens with zero attached hydrogens (tertiary/aromatic N) is 2. The predicted octanol–water partition coefficient (Wildman–Crippen LogP) is -0.840. The highest BCUT2D eigenvalue weighted by molar-refractivity contribution is 5.83. The molecule has 0 fully saturated rings. The van der Waals surface area contributed by atoms with Crippen molar-refractivity contribution >= 4 is 17.7 Å². The second-order valence-corrected chi connectivity index (χ2v) is 3.85. The van der Waals surface area contributed by atoms with Crippen molar-refractivity contribution in [3.05, 3.63) is 12.3 Å². The predicted molar refractivity (Wildman–Crippen MR) is 67.1 cm³/mol. The van der Waals surface area contributed by atoms with E-state index in [0.717, 1.165) is 0 Å². The molecule has 1 amide bonds. The Bertz CT molecular complexity index is 432. The first kappa shape index (κ1) is 15.0. The van der Waals surface area contributed by atoms with Crippen molar-refractivity contribution in [2.75, 3.05) is 26.0 Å². The first-order valence-corrected chi connectivity index (χ1v) is 5.78. The van der Waals surface area contributed by atoms with Crippen molar-refractivity contribution in [3.63, 3.8) is 0 Å². The number of ether oxygens (including phenoxy) is 2. The summed E-state index contributed by atoms with van der Waals surface area (Å²) in [5, 5.41) is 6.41. The van der Waals surface area contributed by atoms with Gasteiger partial charge >= 0.3 is 5.97 Å². The maximum atomic E-state index is 11.5. The highest BCUT2D eigenvalue weighted by atomic mass is 16.5. The average molecular weight is 270 g/mol. The van der Waals surface area contributed by atoms with E-state index in [1.165, 1.54) is 18.7 Å². The van der Waals surface area contributed by atoms with E-state index in [4.69, 9.17) is 15.2 Å². The van der Waals surface area contributed by atoms with Crippen LogP contribution < -0.4 is 11.1 Å². The van der Waals surface area contributed by atoms with Crippen LogP contribution in [0.25, 0.3) is 0 Å². The van der Waals surface area contributed by atoms with E-state index in [0.29, 0.717) is 19.0 Å². The zero-order chi connectivity index (χ0) is 14.3. The second kappa shape index (κ2) is 7.37. The molecule has 1 atom stereocenters. The van der Waals surface area contributed by atoms with Crippen molar-refractivity contribution < 1.29 is 19.1 Å². The standard InChI is InChI=1S/C11H18N4O4/c1-8(11(17)13-4-6-18-2)19-10(16)7-15-5-3-9(12)14-15/h3,5,8H,4,6-7H2,1-2H3,(H2,12,14)(H,13,17). The summed E-state index contributed by atoms with van der Waals surface area (Å²) in [6.45, 7) is 2.18. The molecule has 0 saturated carbocycles. The molecule has 0 spiro atoms. The summed E-state index contributed by atoms with van der Waals surface area (Å²) in [4.78, 5) is 23.1. The van der Waals surface area contributed by atoms with E-state index in [-0.39, 0.29) is 12.5 Å². The molecule has 0 aliphatic heterocycles. The lowest BCUT2D eigenvalue weighted by Gasteiger charge is -2.13. The topological polar surface area (TPSA) is 108 Å². The maximum Gasteiger partial charge on any atom is 0.328 e. The van der Waals surface area contributed by atoms with E-state index in [9.17, 15) is 9.59 Å². The van der Waals surface area contributed by atoms with E-state index in [2.05, 4.69) is 10.4 Å². The Balaban J connectivity index is 2.32. The van der Waals surface area contributed by atoms with Crippen molar-refractivity contribution in [1.82, 2.24) is 15.1 Å². The number of rotatable bonds is 7. The van der Waals surface area contributed by atoms with Gasteiger partial charge in [0.05, 0.1) is 6.61 Å². The SMILES string of the molecule is COCCNC(=O)C(C)OC(=O)Cn1ccc(N)n1. The summed E-state index contributed by atoms with van der Waals surface area (Å²) in [5.41, 5.74) is 5.41. The number of aromatic nitrogens is 2. The molecule has 0 radical (unpaired) electrons. The number of esters is 1. The minimum atomic E-state index is -0.864. The molecule has 3 N–H and O–H groups in total. The Morgan fingerprint density at radius 1 is 1.58 bits per heavy atom. The summed E-state index contributed by atoms with van der Waals surface area (Å²) >= 11 is 0. The van der Waals surface area contributed by atoms with Crippen LogP contribution in [0.2, 0.25) is 0 Å². The Morgan fingerprint density at radius 3 is 2.89 bits per heavy atom. The fraction of sp³-hybridized carbons (Fsp3) is 0.545. The first-order valence-electron chi connectivity index (χ1n) is 5.78. The first-order chi connectivity index (χ1) is 9.02. The van der Waals surface area contributed by atoms with Crippen LogP contribution in [-0.4, -0.2) is 48.0 Å². The molecule has 0 aromatic carbocycles. The van der Waals surface area contributed by atoms with Gasteiger partial charge in [-0.25, -0.2) is 0 Å². The molecule has 0 saturated heterocycles. The third-order valence-corrected chi connectivity index (χ3v) is 2.24. The minimum Gasteiger partial charge on any atom is -0.451 e. The van der Waals surface area contributed by atoms with Gasteiger partial charge in [0.1, 0.15) is 12.4 Å². The van der Waals surface area contributed by atoms with Gasteiger partial charge in [0.2, 0.25) is 0 Å². The number of methoxy groups -OCH3 is 1. The van der Waals surface area contributed by atoms with E-state index >= 15 is 0 Å². The molecule has 1 heterocycles. The number of nitrogens with one attached hydrogen (secondary N) is 1. The van der Waals surface area contributed by atoms with Gasteiger partial charge in [0.25, 0.3) is 5.91 Å². The van der Waals surface area contributed by atoms with Gasteiger partial charge in [-0.2, -0.15) is 5.10 Å². The van der Waals surface area contributed by atoms with Crippen LogP contribution in [0.4, 0.5) is 5.82 Å². The van der Waals surface area contributed by atoms with Crippen LogP contribution in [-0.2, 0) is 25.6 Å². The molecule has 0 bridgehead atoms. The summed E-state index contributed by atoms with van der Waals surface area (Å²) in [5.74, 6) is -0.610. The Hall–Kier alpha value is -2.09. The lowest BCUT2D eigenvalue weighted by molar-refractivity contribution is -0.155. The molecular formula is C11H18N4O4.